The van der Waals surface area contributed by atoms with E-state index in [2.05, 4.69) is 34.1 Å². The van der Waals surface area contributed by atoms with Crippen LogP contribution in [0.1, 0.15) is 75.3 Å². The van der Waals surface area contributed by atoms with Crippen LogP contribution in [0.25, 0.3) is 0 Å². The number of ether oxygens (including phenoxy) is 2. The number of rotatable bonds is 9. The van der Waals surface area contributed by atoms with Crippen molar-refractivity contribution >= 4 is 0 Å². The standard InChI is InChI=1S/C31H44N2O3/c34-27-14-13-26(31(24-27)35-22-21-32-17-7-8-18-32)23-25-11-15-28(16-12-25)36-30-10-4-3-9-29(30)33-19-5-1-2-6-20-33/h11-16,24,29-30,34H,1-10,17-23H2. The molecule has 5 heteroatoms. The van der Waals surface area contributed by atoms with Gasteiger partial charge in [0.15, 0.2) is 0 Å². The molecule has 2 heterocycles. The van der Waals surface area contributed by atoms with Crippen molar-refractivity contribution in [3.05, 3.63) is 53.6 Å². The number of phenolic OH excluding ortho intramolecular Hbond substituents is 1. The smallest absolute Gasteiger partial charge is 0.126 e. The molecular weight excluding hydrogens is 448 g/mol. The Balaban J connectivity index is 1.19. The zero-order valence-electron chi connectivity index (χ0n) is 21.9. The van der Waals surface area contributed by atoms with E-state index in [1.807, 2.05) is 6.07 Å². The number of likely N-dealkylation sites (tertiary alicyclic amines) is 2. The van der Waals surface area contributed by atoms with Crippen LogP contribution < -0.4 is 9.47 Å². The van der Waals surface area contributed by atoms with Crippen LogP contribution >= 0.6 is 0 Å². The van der Waals surface area contributed by atoms with Gasteiger partial charge in [0.2, 0.25) is 0 Å². The SMILES string of the molecule is Oc1ccc(Cc2ccc(OC3CCCCC3N3CCCCCC3)cc2)c(OCCN2CCCC2)c1. The molecular formula is C31H44N2O3. The molecule has 2 atom stereocenters. The number of hydrogen-bond donors (Lipinski definition) is 1. The van der Waals surface area contributed by atoms with Crippen LogP contribution in [0.2, 0.25) is 0 Å². The first kappa shape index (κ1) is 25.4. The monoisotopic (exact) mass is 492 g/mol. The van der Waals surface area contributed by atoms with Gasteiger partial charge in [-0.05, 0) is 100 Å². The Hall–Kier alpha value is -2.24. The summed E-state index contributed by atoms with van der Waals surface area (Å²) < 4.78 is 12.7. The van der Waals surface area contributed by atoms with Crippen molar-refractivity contribution < 1.29 is 14.6 Å². The van der Waals surface area contributed by atoms with Crippen molar-refractivity contribution in [2.24, 2.45) is 0 Å². The molecule has 3 aliphatic rings. The largest absolute Gasteiger partial charge is 0.508 e. The molecule has 2 unspecified atom stereocenters. The summed E-state index contributed by atoms with van der Waals surface area (Å²) in [5.41, 5.74) is 2.33. The molecule has 1 saturated carbocycles. The van der Waals surface area contributed by atoms with Crippen molar-refractivity contribution in [2.75, 3.05) is 39.3 Å². The zero-order chi connectivity index (χ0) is 24.6. The maximum atomic E-state index is 10.0. The fourth-order valence-electron chi connectivity index (χ4n) is 6.25. The Morgan fingerprint density at radius 3 is 2.28 bits per heavy atom. The molecule has 196 valence electrons. The lowest BCUT2D eigenvalue weighted by molar-refractivity contribution is 0.0375. The molecule has 0 spiro atoms. The summed E-state index contributed by atoms with van der Waals surface area (Å²) in [6.07, 6.45) is 14.1. The second-order valence-electron chi connectivity index (χ2n) is 11.0. The molecule has 2 aromatic carbocycles. The van der Waals surface area contributed by atoms with E-state index in [1.54, 1.807) is 12.1 Å². The van der Waals surface area contributed by atoms with Crippen molar-refractivity contribution in [2.45, 2.75) is 82.8 Å². The van der Waals surface area contributed by atoms with Crippen LogP contribution in [0.4, 0.5) is 0 Å². The molecule has 0 radical (unpaired) electrons. The molecule has 5 nitrogen and oxygen atoms in total. The minimum atomic E-state index is 0.255. The van der Waals surface area contributed by atoms with Crippen LogP contribution in [-0.2, 0) is 6.42 Å². The number of benzene rings is 2. The third kappa shape index (κ3) is 6.95. The summed E-state index contributed by atoms with van der Waals surface area (Å²) >= 11 is 0. The Morgan fingerprint density at radius 1 is 0.778 bits per heavy atom. The number of aromatic hydroxyl groups is 1. The van der Waals surface area contributed by atoms with E-state index in [0.29, 0.717) is 18.8 Å². The van der Waals surface area contributed by atoms with Gasteiger partial charge >= 0.3 is 0 Å². The van der Waals surface area contributed by atoms with Crippen LogP contribution in [0.15, 0.2) is 42.5 Å². The first-order valence-electron chi connectivity index (χ1n) is 14.4. The highest BCUT2D eigenvalue weighted by molar-refractivity contribution is 5.43. The highest BCUT2D eigenvalue weighted by atomic mass is 16.5. The Kier molecular flexibility index (Phi) is 9.05. The van der Waals surface area contributed by atoms with Crippen molar-refractivity contribution in [3.8, 4) is 17.2 Å². The molecule has 2 aromatic rings. The molecule has 0 amide bonds. The minimum Gasteiger partial charge on any atom is -0.508 e. The van der Waals surface area contributed by atoms with Gasteiger partial charge in [-0.25, -0.2) is 0 Å². The lowest BCUT2D eigenvalue weighted by Gasteiger charge is -2.39. The first-order chi connectivity index (χ1) is 17.7. The molecule has 2 aliphatic heterocycles. The van der Waals surface area contributed by atoms with Gasteiger partial charge in [0, 0.05) is 25.1 Å². The Morgan fingerprint density at radius 2 is 1.50 bits per heavy atom. The molecule has 0 bridgehead atoms. The van der Waals surface area contributed by atoms with Gasteiger partial charge in [-0.15, -0.1) is 0 Å². The van der Waals surface area contributed by atoms with Gasteiger partial charge in [0.25, 0.3) is 0 Å². The summed E-state index contributed by atoms with van der Waals surface area (Å²) in [6.45, 7) is 6.41. The summed E-state index contributed by atoms with van der Waals surface area (Å²) in [5.74, 6) is 2.03. The fraction of sp³-hybridized carbons (Fsp3) is 0.613. The average molecular weight is 493 g/mol. The normalized spacial score (nSPS) is 23.9. The highest BCUT2D eigenvalue weighted by Gasteiger charge is 2.32. The molecule has 2 saturated heterocycles. The number of hydrogen-bond acceptors (Lipinski definition) is 5. The van der Waals surface area contributed by atoms with Gasteiger partial charge in [0.1, 0.15) is 30.0 Å². The van der Waals surface area contributed by atoms with E-state index in [9.17, 15) is 5.11 Å². The predicted molar refractivity (Wildman–Crippen MR) is 145 cm³/mol. The van der Waals surface area contributed by atoms with E-state index in [0.717, 1.165) is 36.4 Å². The van der Waals surface area contributed by atoms with Crippen molar-refractivity contribution in [1.82, 2.24) is 9.80 Å². The summed E-state index contributed by atoms with van der Waals surface area (Å²) in [5, 5.41) is 10.0. The maximum Gasteiger partial charge on any atom is 0.126 e. The van der Waals surface area contributed by atoms with Gasteiger partial charge in [-0.3, -0.25) is 9.80 Å². The lowest BCUT2D eigenvalue weighted by Crippen LogP contribution is -2.48. The highest BCUT2D eigenvalue weighted by Crippen LogP contribution is 2.30. The fourth-order valence-corrected chi connectivity index (χ4v) is 6.25. The maximum absolute atomic E-state index is 10.0. The second-order valence-corrected chi connectivity index (χ2v) is 11.0. The predicted octanol–water partition coefficient (Wildman–Crippen LogP) is 6.02. The van der Waals surface area contributed by atoms with Crippen molar-refractivity contribution in [3.63, 3.8) is 0 Å². The zero-order valence-corrected chi connectivity index (χ0v) is 21.9. The first-order valence-corrected chi connectivity index (χ1v) is 14.4. The summed E-state index contributed by atoms with van der Waals surface area (Å²) in [7, 11) is 0. The molecule has 5 rings (SSSR count). The number of phenols is 1. The minimum absolute atomic E-state index is 0.255. The van der Waals surface area contributed by atoms with E-state index in [1.165, 1.54) is 89.5 Å². The lowest BCUT2D eigenvalue weighted by atomic mass is 9.91. The third-order valence-corrected chi connectivity index (χ3v) is 8.30. The summed E-state index contributed by atoms with van der Waals surface area (Å²) in [6, 6.07) is 14.7. The molecule has 3 fully saturated rings. The van der Waals surface area contributed by atoms with Gasteiger partial charge in [-0.2, -0.15) is 0 Å². The van der Waals surface area contributed by atoms with Crippen LogP contribution in [-0.4, -0.2) is 66.4 Å². The van der Waals surface area contributed by atoms with Crippen LogP contribution in [0.5, 0.6) is 17.2 Å². The van der Waals surface area contributed by atoms with E-state index >= 15 is 0 Å². The topological polar surface area (TPSA) is 45.2 Å². The van der Waals surface area contributed by atoms with Crippen LogP contribution in [0, 0.1) is 0 Å². The molecule has 36 heavy (non-hydrogen) atoms. The van der Waals surface area contributed by atoms with E-state index < -0.39 is 0 Å². The van der Waals surface area contributed by atoms with Gasteiger partial charge < -0.3 is 14.6 Å². The quantitative estimate of drug-likeness (QED) is 0.463. The summed E-state index contributed by atoms with van der Waals surface area (Å²) in [4.78, 5) is 5.17. The molecule has 1 N–H and O–H groups in total. The van der Waals surface area contributed by atoms with Gasteiger partial charge in [0.05, 0.1) is 0 Å². The van der Waals surface area contributed by atoms with E-state index in [-0.39, 0.29) is 5.75 Å². The third-order valence-electron chi connectivity index (χ3n) is 8.30. The van der Waals surface area contributed by atoms with Crippen LogP contribution in [0.3, 0.4) is 0 Å². The Bertz CT molecular complexity index is 933. The van der Waals surface area contributed by atoms with Gasteiger partial charge in [-0.1, -0.05) is 37.5 Å². The van der Waals surface area contributed by atoms with E-state index in [4.69, 9.17) is 9.47 Å². The second kappa shape index (κ2) is 12.8. The van der Waals surface area contributed by atoms with Crippen molar-refractivity contribution in [1.29, 1.82) is 0 Å². The molecule has 0 aromatic heterocycles. The Labute approximate surface area is 217 Å². The molecule has 1 aliphatic carbocycles. The average Bonchev–Trinajstić information content (AvgIpc) is 3.27. The number of nitrogens with zero attached hydrogens (tertiary/aromatic N) is 2.